The summed E-state index contributed by atoms with van der Waals surface area (Å²) in [6.07, 6.45) is 5.98. The van der Waals surface area contributed by atoms with Gasteiger partial charge < -0.3 is 14.2 Å². The highest BCUT2D eigenvalue weighted by molar-refractivity contribution is 6.15. The first kappa shape index (κ1) is 20.3. The number of aromatic nitrogens is 1. The Morgan fingerprint density at radius 3 is 2.88 bits per heavy atom. The van der Waals surface area contributed by atoms with Crippen LogP contribution in [-0.2, 0) is 13.0 Å². The van der Waals surface area contributed by atoms with Crippen molar-refractivity contribution in [2.24, 2.45) is 0 Å². The number of Topliss-reactive ketones (excluding diaryl/α,β-unsaturated/α-hetero) is 1. The molecule has 5 rings (SSSR count). The van der Waals surface area contributed by atoms with Crippen molar-refractivity contribution in [3.05, 3.63) is 88.4 Å². The summed E-state index contributed by atoms with van der Waals surface area (Å²) in [5.41, 5.74) is 4.45. The molecular weight excluding hydrogens is 404 g/mol. The van der Waals surface area contributed by atoms with Crippen molar-refractivity contribution in [3.8, 4) is 17.2 Å². The number of pyridine rings is 1. The monoisotopic (exact) mass is 428 g/mol. The molecule has 6 heteroatoms. The van der Waals surface area contributed by atoms with E-state index in [1.807, 2.05) is 43.3 Å². The maximum atomic E-state index is 13.0. The Morgan fingerprint density at radius 1 is 1.19 bits per heavy atom. The molecule has 0 radical (unpaired) electrons. The molecule has 0 saturated heterocycles. The average Bonchev–Trinajstić information content (AvgIpc) is 3.14. The first-order chi connectivity index (χ1) is 15.6. The van der Waals surface area contributed by atoms with Crippen molar-refractivity contribution in [2.45, 2.75) is 19.9 Å². The molecule has 0 bridgehead atoms. The summed E-state index contributed by atoms with van der Waals surface area (Å²) in [7, 11) is 1.69. The summed E-state index contributed by atoms with van der Waals surface area (Å²) >= 11 is 0. The zero-order valence-electron chi connectivity index (χ0n) is 18.1. The molecular formula is C26H24N2O4. The fourth-order valence-corrected chi connectivity index (χ4v) is 4.24. The number of benzene rings is 2. The molecule has 0 amide bonds. The molecule has 0 spiro atoms. The van der Waals surface area contributed by atoms with Gasteiger partial charge in [-0.25, -0.2) is 0 Å². The van der Waals surface area contributed by atoms with Gasteiger partial charge in [0.1, 0.15) is 24.0 Å². The maximum Gasteiger partial charge on any atom is 0.231 e. The number of nitrogens with zero attached hydrogens (tertiary/aromatic N) is 2. The van der Waals surface area contributed by atoms with E-state index in [4.69, 9.17) is 14.2 Å². The van der Waals surface area contributed by atoms with Crippen molar-refractivity contribution in [2.75, 3.05) is 20.4 Å². The molecule has 2 aromatic carbocycles. The van der Waals surface area contributed by atoms with Gasteiger partial charge in [-0.1, -0.05) is 24.3 Å². The normalized spacial score (nSPS) is 16.3. The number of allylic oxidation sites excluding steroid dienone is 1. The number of para-hydroxylation sites is 1. The van der Waals surface area contributed by atoms with Crippen LogP contribution in [0.25, 0.3) is 6.08 Å². The Bertz CT molecular complexity index is 1200. The predicted molar refractivity (Wildman–Crippen MR) is 121 cm³/mol. The topological polar surface area (TPSA) is 60.9 Å². The summed E-state index contributed by atoms with van der Waals surface area (Å²) in [5.74, 6) is 2.50. The number of fused-ring (bicyclic) bond motifs is 2. The van der Waals surface area contributed by atoms with Crippen LogP contribution in [0.2, 0.25) is 0 Å². The van der Waals surface area contributed by atoms with Gasteiger partial charge in [0.2, 0.25) is 5.78 Å². The van der Waals surface area contributed by atoms with E-state index in [9.17, 15) is 4.79 Å². The highest BCUT2D eigenvalue weighted by atomic mass is 16.5. The van der Waals surface area contributed by atoms with Crippen molar-refractivity contribution >= 4 is 11.9 Å². The summed E-state index contributed by atoms with van der Waals surface area (Å²) in [5, 5.41) is 0. The molecule has 0 aliphatic carbocycles. The molecule has 2 aliphatic rings. The van der Waals surface area contributed by atoms with Gasteiger partial charge in [0.25, 0.3) is 0 Å². The highest BCUT2D eigenvalue weighted by Gasteiger charge is 2.33. The van der Waals surface area contributed by atoms with Crippen LogP contribution >= 0.6 is 0 Å². The summed E-state index contributed by atoms with van der Waals surface area (Å²) < 4.78 is 17.5. The van der Waals surface area contributed by atoms with Crippen molar-refractivity contribution < 1.29 is 19.0 Å². The quantitative estimate of drug-likeness (QED) is 0.561. The summed E-state index contributed by atoms with van der Waals surface area (Å²) in [6, 6.07) is 13.7. The van der Waals surface area contributed by atoms with E-state index in [0.29, 0.717) is 30.3 Å². The Hall–Kier alpha value is -3.64. The third-order valence-electron chi connectivity index (χ3n) is 5.87. The standard InChI is InChI=1S/C26H24N2O4/c1-17-25-20(15-28(16-31-25)11-9-19-7-3-4-8-22(19)30-2)13-21-24(29)23(32-26(17)21)12-18-6-5-10-27-14-18/h3-8,10,12-14H,9,11,15-16H2,1-2H3/b23-12-. The smallest absolute Gasteiger partial charge is 0.231 e. The molecule has 0 atom stereocenters. The first-order valence-corrected chi connectivity index (χ1v) is 10.6. The van der Waals surface area contributed by atoms with Gasteiger partial charge in [0, 0.05) is 36.6 Å². The molecule has 2 aliphatic heterocycles. The summed E-state index contributed by atoms with van der Waals surface area (Å²) in [6.45, 7) is 3.98. The minimum absolute atomic E-state index is 0.110. The predicted octanol–water partition coefficient (Wildman–Crippen LogP) is 4.41. The maximum absolute atomic E-state index is 13.0. The van der Waals surface area contributed by atoms with E-state index in [-0.39, 0.29) is 5.78 Å². The van der Waals surface area contributed by atoms with Gasteiger partial charge in [-0.2, -0.15) is 0 Å². The Morgan fingerprint density at radius 2 is 2.06 bits per heavy atom. The van der Waals surface area contributed by atoms with Crippen LogP contribution in [0.5, 0.6) is 17.2 Å². The van der Waals surface area contributed by atoms with Crippen LogP contribution in [0, 0.1) is 6.92 Å². The largest absolute Gasteiger partial charge is 0.496 e. The fourth-order valence-electron chi connectivity index (χ4n) is 4.24. The van der Waals surface area contributed by atoms with E-state index in [1.54, 1.807) is 25.6 Å². The zero-order chi connectivity index (χ0) is 22.1. The number of ketones is 1. The molecule has 1 aromatic heterocycles. The van der Waals surface area contributed by atoms with Crippen molar-refractivity contribution in [1.82, 2.24) is 9.88 Å². The lowest BCUT2D eigenvalue weighted by molar-refractivity contribution is 0.0952. The number of hydrogen-bond donors (Lipinski definition) is 0. The Balaban J connectivity index is 1.36. The van der Waals surface area contributed by atoms with Gasteiger partial charge in [-0.15, -0.1) is 0 Å². The van der Waals surface area contributed by atoms with Gasteiger partial charge >= 0.3 is 0 Å². The third-order valence-corrected chi connectivity index (χ3v) is 5.87. The number of carbonyl (C=O) groups is 1. The second-order valence-corrected chi connectivity index (χ2v) is 7.98. The van der Waals surface area contributed by atoms with Gasteiger partial charge in [0.05, 0.1) is 12.7 Å². The van der Waals surface area contributed by atoms with Crippen molar-refractivity contribution in [3.63, 3.8) is 0 Å². The molecule has 0 N–H and O–H groups in total. The van der Waals surface area contributed by atoms with Crippen LogP contribution in [0.1, 0.15) is 32.6 Å². The van der Waals surface area contributed by atoms with E-state index in [0.717, 1.165) is 41.2 Å². The number of ether oxygens (including phenoxy) is 3. The minimum Gasteiger partial charge on any atom is -0.496 e. The molecule has 6 nitrogen and oxygen atoms in total. The average molecular weight is 428 g/mol. The van der Waals surface area contributed by atoms with Crippen LogP contribution < -0.4 is 14.2 Å². The fraction of sp³-hybridized carbons (Fsp3) is 0.231. The lowest BCUT2D eigenvalue weighted by Crippen LogP contribution is -2.34. The van der Waals surface area contributed by atoms with Crippen LogP contribution in [0.4, 0.5) is 0 Å². The van der Waals surface area contributed by atoms with E-state index < -0.39 is 0 Å². The molecule has 3 heterocycles. The summed E-state index contributed by atoms with van der Waals surface area (Å²) in [4.78, 5) is 19.3. The second kappa shape index (κ2) is 8.48. The van der Waals surface area contributed by atoms with Gasteiger partial charge in [-0.05, 0) is 48.7 Å². The van der Waals surface area contributed by atoms with Crippen LogP contribution in [0.3, 0.4) is 0 Å². The molecule has 162 valence electrons. The highest BCUT2D eigenvalue weighted by Crippen LogP contribution is 2.43. The van der Waals surface area contributed by atoms with E-state index in [2.05, 4.69) is 16.0 Å². The van der Waals surface area contributed by atoms with Crippen LogP contribution in [-0.4, -0.2) is 36.1 Å². The SMILES string of the molecule is COc1ccccc1CCN1COc2c(cc3c(c2C)O/C(=C\c2cccnc2)C3=O)C1. The lowest BCUT2D eigenvalue weighted by Gasteiger charge is -2.30. The van der Waals surface area contributed by atoms with E-state index in [1.165, 1.54) is 5.56 Å². The van der Waals surface area contributed by atoms with E-state index >= 15 is 0 Å². The molecule has 0 fully saturated rings. The number of carbonyl (C=O) groups excluding carboxylic acids is 1. The Labute approximate surface area is 187 Å². The van der Waals surface area contributed by atoms with Gasteiger partial charge in [-0.3, -0.25) is 14.7 Å². The number of rotatable bonds is 5. The number of methoxy groups -OCH3 is 1. The molecule has 32 heavy (non-hydrogen) atoms. The third kappa shape index (κ3) is 3.74. The minimum atomic E-state index is -0.110. The first-order valence-electron chi connectivity index (χ1n) is 10.6. The molecule has 3 aromatic rings. The number of hydrogen-bond acceptors (Lipinski definition) is 6. The molecule has 0 saturated carbocycles. The molecule has 0 unspecified atom stereocenters. The van der Waals surface area contributed by atoms with Crippen molar-refractivity contribution in [1.29, 1.82) is 0 Å². The van der Waals surface area contributed by atoms with Gasteiger partial charge in [0.15, 0.2) is 5.76 Å². The van der Waals surface area contributed by atoms with Crippen LogP contribution in [0.15, 0.2) is 60.6 Å². The zero-order valence-corrected chi connectivity index (χ0v) is 18.1. The Kier molecular flexibility index (Phi) is 5.37. The second-order valence-electron chi connectivity index (χ2n) is 7.98. The lowest BCUT2D eigenvalue weighted by atomic mass is 10.00.